The summed E-state index contributed by atoms with van der Waals surface area (Å²) in [5.74, 6) is -0.353. The van der Waals surface area contributed by atoms with Gasteiger partial charge in [-0.3, -0.25) is 14.9 Å². The van der Waals surface area contributed by atoms with Crippen LogP contribution in [0.15, 0.2) is 35.3 Å². The minimum Gasteiger partial charge on any atom is -0.320 e. The van der Waals surface area contributed by atoms with E-state index in [2.05, 4.69) is 10.3 Å². The first-order valence-electron chi connectivity index (χ1n) is 6.83. The summed E-state index contributed by atoms with van der Waals surface area (Å²) in [6.45, 7) is 3.46. The number of benzene rings is 2. The first-order valence-corrected chi connectivity index (χ1v) is 7.21. The van der Waals surface area contributed by atoms with Crippen molar-refractivity contribution < 1.29 is 9.72 Å². The van der Waals surface area contributed by atoms with Gasteiger partial charge in [-0.15, -0.1) is 0 Å². The number of hydrogen-bond acceptors (Lipinski definition) is 4. The molecule has 0 saturated carbocycles. The molecule has 0 aromatic heterocycles. The van der Waals surface area contributed by atoms with E-state index in [-0.39, 0.29) is 17.3 Å². The molecule has 3 rings (SSSR count). The second-order valence-corrected chi connectivity index (χ2v) is 5.64. The molecule has 0 fully saturated rings. The molecule has 0 atom stereocenters. The van der Waals surface area contributed by atoms with E-state index in [9.17, 15) is 14.9 Å². The van der Waals surface area contributed by atoms with Crippen molar-refractivity contribution in [1.82, 2.24) is 0 Å². The van der Waals surface area contributed by atoms with Gasteiger partial charge in [-0.2, -0.15) is 0 Å². The molecule has 0 saturated heterocycles. The van der Waals surface area contributed by atoms with Crippen LogP contribution in [0.25, 0.3) is 0 Å². The summed E-state index contributed by atoms with van der Waals surface area (Å²) < 4.78 is 0. The fourth-order valence-corrected chi connectivity index (χ4v) is 2.60. The summed E-state index contributed by atoms with van der Waals surface area (Å²) >= 11 is 6.05. The fraction of sp³-hybridized carbons (Fsp3) is 0.125. The quantitative estimate of drug-likeness (QED) is 0.669. The topological polar surface area (TPSA) is 84.6 Å². The molecule has 1 N–H and O–H groups in total. The van der Waals surface area contributed by atoms with Gasteiger partial charge < -0.3 is 5.32 Å². The molecule has 1 heterocycles. The van der Waals surface area contributed by atoms with Crippen LogP contribution in [0.4, 0.5) is 17.1 Å². The third kappa shape index (κ3) is 2.57. The van der Waals surface area contributed by atoms with Crippen molar-refractivity contribution in [3.05, 3.63) is 62.2 Å². The number of halogens is 1. The van der Waals surface area contributed by atoms with Crippen LogP contribution in [0.1, 0.15) is 16.7 Å². The maximum Gasteiger partial charge on any atom is 0.275 e. The van der Waals surface area contributed by atoms with E-state index in [1.807, 2.05) is 0 Å². The fourth-order valence-electron chi connectivity index (χ4n) is 2.44. The van der Waals surface area contributed by atoms with Crippen LogP contribution in [-0.2, 0) is 4.79 Å². The van der Waals surface area contributed by atoms with E-state index in [0.717, 1.165) is 5.56 Å². The van der Waals surface area contributed by atoms with Crippen LogP contribution >= 0.6 is 11.6 Å². The summed E-state index contributed by atoms with van der Waals surface area (Å²) in [5.41, 5.74) is 3.11. The van der Waals surface area contributed by atoms with Gasteiger partial charge in [0.05, 0.1) is 16.3 Å². The van der Waals surface area contributed by atoms with Crippen molar-refractivity contribution >= 4 is 40.3 Å². The molecular weight excluding hydrogens is 318 g/mol. The SMILES string of the molecule is Cc1ccc(N=C2C(=O)Nc3c2ccc(Cl)c3C)cc1[N+](=O)[O-]. The van der Waals surface area contributed by atoms with E-state index < -0.39 is 4.92 Å². The van der Waals surface area contributed by atoms with Gasteiger partial charge in [0.25, 0.3) is 11.6 Å². The number of nitro benzene ring substituents is 1. The smallest absolute Gasteiger partial charge is 0.275 e. The molecular formula is C16H12ClN3O3. The van der Waals surface area contributed by atoms with Crippen LogP contribution < -0.4 is 5.32 Å². The number of nitro groups is 1. The number of fused-ring (bicyclic) bond motifs is 1. The van der Waals surface area contributed by atoms with Crippen molar-refractivity contribution in [2.45, 2.75) is 13.8 Å². The molecule has 116 valence electrons. The molecule has 2 aromatic carbocycles. The highest BCUT2D eigenvalue weighted by atomic mass is 35.5. The van der Waals surface area contributed by atoms with Crippen LogP contribution in [0.5, 0.6) is 0 Å². The summed E-state index contributed by atoms with van der Waals surface area (Å²) in [6.07, 6.45) is 0. The standard InChI is InChI=1S/C16H12ClN3O3/c1-8-3-4-10(7-13(8)20(22)23)18-15-11-5-6-12(17)9(2)14(11)19-16(15)21/h3-7H,1-2H3,(H,18,19,21). The van der Waals surface area contributed by atoms with E-state index in [1.165, 1.54) is 6.07 Å². The highest BCUT2D eigenvalue weighted by molar-refractivity contribution is 6.54. The molecule has 23 heavy (non-hydrogen) atoms. The summed E-state index contributed by atoms with van der Waals surface area (Å²) in [7, 11) is 0. The Morgan fingerprint density at radius 2 is 1.96 bits per heavy atom. The minimum absolute atomic E-state index is 0.0298. The molecule has 2 aromatic rings. The Kier molecular flexibility index (Phi) is 3.61. The largest absolute Gasteiger partial charge is 0.320 e. The first-order chi connectivity index (χ1) is 10.9. The third-order valence-electron chi connectivity index (χ3n) is 3.74. The highest BCUT2D eigenvalue weighted by Crippen LogP contribution is 2.33. The van der Waals surface area contributed by atoms with Gasteiger partial charge in [0.1, 0.15) is 5.71 Å². The zero-order valence-corrected chi connectivity index (χ0v) is 13.1. The predicted molar refractivity (Wildman–Crippen MR) is 88.8 cm³/mol. The number of amides is 1. The van der Waals surface area contributed by atoms with Crippen molar-refractivity contribution in [1.29, 1.82) is 0 Å². The van der Waals surface area contributed by atoms with E-state index in [4.69, 9.17) is 11.6 Å². The Morgan fingerprint density at radius 3 is 2.65 bits per heavy atom. The second kappa shape index (κ2) is 5.48. The number of hydrogen-bond donors (Lipinski definition) is 1. The first kappa shape index (κ1) is 15.2. The molecule has 0 unspecified atom stereocenters. The maximum absolute atomic E-state index is 12.2. The van der Waals surface area contributed by atoms with Gasteiger partial charge in [-0.1, -0.05) is 17.7 Å². The molecule has 0 aliphatic carbocycles. The Morgan fingerprint density at radius 1 is 1.22 bits per heavy atom. The van der Waals surface area contributed by atoms with Gasteiger partial charge in [-0.05, 0) is 37.6 Å². The Hall–Kier alpha value is -2.73. The monoisotopic (exact) mass is 329 g/mol. The number of aliphatic imine (C=N–C) groups is 1. The summed E-state index contributed by atoms with van der Waals surface area (Å²) in [4.78, 5) is 27.0. The maximum atomic E-state index is 12.2. The average Bonchev–Trinajstić information content (AvgIpc) is 2.82. The molecule has 6 nitrogen and oxygen atoms in total. The second-order valence-electron chi connectivity index (χ2n) is 5.24. The number of anilines is 1. The van der Waals surface area contributed by atoms with Crippen molar-refractivity contribution in [3.63, 3.8) is 0 Å². The number of nitrogens with one attached hydrogen (secondary N) is 1. The normalized spacial score (nSPS) is 14.7. The third-order valence-corrected chi connectivity index (χ3v) is 4.15. The van der Waals surface area contributed by atoms with E-state index in [0.29, 0.717) is 27.5 Å². The van der Waals surface area contributed by atoms with Crippen molar-refractivity contribution in [2.75, 3.05) is 5.32 Å². The zero-order chi connectivity index (χ0) is 16.7. The predicted octanol–water partition coefficient (Wildman–Crippen LogP) is 3.94. The van der Waals surface area contributed by atoms with Gasteiger partial charge >= 0.3 is 0 Å². The number of aryl methyl sites for hydroxylation is 1. The van der Waals surface area contributed by atoms with Crippen LogP contribution in [0.3, 0.4) is 0 Å². The minimum atomic E-state index is -0.467. The van der Waals surface area contributed by atoms with Gasteiger partial charge in [0.15, 0.2) is 0 Å². The van der Waals surface area contributed by atoms with Crippen LogP contribution in [0, 0.1) is 24.0 Å². The van der Waals surface area contributed by atoms with Crippen LogP contribution in [-0.4, -0.2) is 16.5 Å². The lowest BCUT2D eigenvalue weighted by atomic mass is 10.1. The Labute approximate surface area is 137 Å². The van der Waals surface area contributed by atoms with Gasteiger partial charge in [0.2, 0.25) is 0 Å². The lowest BCUT2D eigenvalue weighted by Crippen LogP contribution is -2.14. The number of nitrogens with zero attached hydrogens (tertiary/aromatic N) is 2. The van der Waals surface area contributed by atoms with E-state index >= 15 is 0 Å². The lowest BCUT2D eigenvalue weighted by molar-refractivity contribution is -0.385. The average molecular weight is 330 g/mol. The molecule has 0 bridgehead atoms. The van der Waals surface area contributed by atoms with Crippen LogP contribution in [0.2, 0.25) is 5.02 Å². The lowest BCUT2D eigenvalue weighted by Gasteiger charge is -2.04. The molecule has 1 amide bonds. The number of rotatable bonds is 2. The zero-order valence-electron chi connectivity index (χ0n) is 12.4. The summed E-state index contributed by atoms with van der Waals surface area (Å²) in [6, 6.07) is 8.02. The van der Waals surface area contributed by atoms with E-state index in [1.54, 1.807) is 38.1 Å². The van der Waals surface area contributed by atoms with Crippen molar-refractivity contribution in [3.8, 4) is 0 Å². The molecule has 1 aliphatic heterocycles. The molecule has 1 aliphatic rings. The molecule has 7 heteroatoms. The Bertz CT molecular complexity index is 890. The molecule has 0 spiro atoms. The van der Waals surface area contributed by atoms with Gasteiger partial charge in [-0.25, -0.2) is 4.99 Å². The van der Waals surface area contributed by atoms with Crippen molar-refractivity contribution in [2.24, 2.45) is 4.99 Å². The molecule has 0 radical (unpaired) electrons. The number of carbonyl (C=O) groups is 1. The Balaban J connectivity index is 2.12. The summed E-state index contributed by atoms with van der Waals surface area (Å²) in [5, 5.41) is 14.3. The number of carbonyl (C=O) groups excluding carboxylic acids is 1. The highest BCUT2D eigenvalue weighted by Gasteiger charge is 2.28. The van der Waals surface area contributed by atoms with Gasteiger partial charge in [0, 0.05) is 22.2 Å².